The van der Waals surface area contributed by atoms with Crippen molar-refractivity contribution in [1.82, 2.24) is 24.4 Å². The van der Waals surface area contributed by atoms with Gasteiger partial charge in [0.15, 0.2) is 5.82 Å². The number of piperidine rings is 1. The van der Waals surface area contributed by atoms with Gasteiger partial charge in [0.1, 0.15) is 6.33 Å². The van der Waals surface area contributed by atoms with Crippen LogP contribution in [0, 0.1) is 0 Å². The SMILES string of the molecule is O=C(CCc1ccccc1)N1CCC[C@H](c2cncc(-n3ccnc3)n2)C1. The number of hydrogen-bond donors (Lipinski definition) is 0. The van der Waals surface area contributed by atoms with Gasteiger partial charge in [-0.25, -0.2) is 9.97 Å². The minimum Gasteiger partial charge on any atom is -0.342 e. The third-order valence-corrected chi connectivity index (χ3v) is 5.07. The Bertz CT molecular complexity index is 879. The lowest BCUT2D eigenvalue weighted by Gasteiger charge is -2.32. The summed E-state index contributed by atoms with van der Waals surface area (Å²) in [6.07, 6.45) is 12.2. The number of carbonyl (C=O) groups is 1. The number of amides is 1. The lowest BCUT2D eigenvalue weighted by molar-refractivity contribution is -0.132. The van der Waals surface area contributed by atoms with Crippen molar-refractivity contribution in [3.05, 3.63) is 72.7 Å². The molecule has 3 heterocycles. The van der Waals surface area contributed by atoms with Crippen LogP contribution in [0.5, 0.6) is 0 Å². The highest BCUT2D eigenvalue weighted by Gasteiger charge is 2.25. The van der Waals surface area contributed by atoms with E-state index in [1.54, 1.807) is 18.7 Å². The molecule has 0 N–H and O–H groups in total. The Balaban J connectivity index is 1.40. The Morgan fingerprint density at radius 3 is 2.85 bits per heavy atom. The summed E-state index contributed by atoms with van der Waals surface area (Å²) in [4.78, 5) is 27.8. The maximum atomic E-state index is 12.7. The molecule has 1 aliphatic heterocycles. The van der Waals surface area contributed by atoms with Crippen LogP contribution in [0.4, 0.5) is 0 Å². The highest BCUT2D eigenvalue weighted by atomic mass is 16.2. The molecule has 6 nitrogen and oxygen atoms in total. The van der Waals surface area contributed by atoms with Gasteiger partial charge in [-0.2, -0.15) is 0 Å². The molecule has 0 aliphatic carbocycles. The maximum Gasteiger partial charge on any atom is 0.222 e. The van der Waals surface area contributed by atoms with Gasteiger partial charge < -0.3 is 4.90 Å². The molecule has 0 unspecified atom stereocenters. The predicted octanol–water partition coefficient (Wildman–Crippen LogP) is 3.00. The molecular weight excluding hydrogens is 338 g/mol. The summed E-state index contributed by atoms with van der Waals surface area (Å²) in [6.45, 7) is 1.55. The zero-order valence-electron chi connectivity index (χ0n) is 15.2. The zero-order chi connectivity index (χ0) is 18.5. The number of nitrogens with zero attached hydrogens (tertiary/aromatic N) is 5. The minimum atomic E-state index is 0.224. The zero-order valence-corrected chi connectivity index (χ0v) is 15.2. The summed E-state index contributed by atoms with van der Waals surface area (Å²) in [7, 11) is 0. The van der Waals surface area contributed by atoms with Crippen LogP contribution >= 0.6 is 0 Å². The maximum absolute atomic E-state index is 12.7. The van der Waals surface area contributed by atoms with Crippen LogP contribution in [-0.4, -0.2) is 43.4 Å². The van der Waals surface area contributed by atoms with Gasteiger partial charge in [-0.05, 0) is 24.8 Å². The van der Waals surface area contributed by atoms with Crippen LogP contribution in [0.1, 0.15) is 36.4 Å². The van der Waals surface area contributed by atoms with Gasteiger partial charge in [0.25, 0.3) is 0 Å². The van der Waals surface area contributed by atoms with Gasteiger partial charge in [0, 0.05) is 44.0 Å². The Morgan fingerprint density at radius 1 is 1.15 bits per heavy atom. The van der Waals surface area contributed by atoms with E-state index in [2.05, 4.69) is 22.1 Å². The first kappa shape index (κ1) is 17.4. The molecule has 3 aromatic rings. The number of hydrogen-bond acceptors (Lipinski definition) is 4. The van der Waals surface area contributed by atoms with Crippen LogP contribution in [-0.2, 0) is 11.2 Å². The molecule has 0 spiro atoms. The molecule has 1 aliphatic rings. The monoisotopic (exact) mass is 361 g/mol. The summed E-state index contributed by atoms with van der Waals surface area (Å²) < 4.78 is 1.85. The quantitative estimate of drug-likeness (QED) is 0.701. The first-order valence-electron chi connectivity index (χ1n) is 9.41. The van der Waals surface area contributed by atoms with Crippen molar-refractivity contribution in [3.8, 4) is 5.82 Å². The van der Waals surface area contributed by atoms with Gasteiger partial charge >= 0.3 is 0 Å². The van der Waals surface area contributed by atoms with Crippen LogP contribution in [0.15, 0.2) is 61.4 Å². The lowest BCUT2D eigenvalue weighted by atomic mass is 9.94. The largest absolute Gasteiger partial charge is 0.342 e. The lowest BCUT2D eigenvalue weighted by Crippen LogP contribution is -2.39. The molecule has 1 amide bonds. The highest BCUT2D eigenvalue weighted by Crippen LogP contribution is 2.26. The van der Waals surface area contributed by atoms with Gasteiger partial charge in [-0.15, -0.1) is 0 Å². The second kappa shape index (κ2) is 8.12. The molecule has 1 fully saturated rings. The predicted molar refractivity (Wildman–Crippen MR) is 102 cm³/mol. The molecule has 6 heteroatoms. The number of aryl methyl sites for hydroxylation is 1. The van der Waals surface area contributed by atoms with E-state index in [0.717, 1.165) is 43.9 Å². The minimum absolute atomic E-state index is 0.224. The molecule has 2 aromatic heterocycles. The van der Waals surface area contributed by atoms with E-state index in [1.807, 2.05) is 40.1 Å². The van der Waals surface area contributed by atoms with Crippen molar-refractivity contribution in [2.75, 3.05) is 13.1 Å². The van der Waals surface area contributed by atoms with Crippen LogP contribution < -0.4 is 0 Å². The molecule has 0 radical (unpaired) electrons. The molecule has 1 saturated heterocycles. The first-order valence-corrected chi connectivity index (χ1v) is 9.41. The summed E-state index contributed by atoms with van der Waals surface area (Å²) in [5.74, 6) is 1.22. The van der Waals surface area contributed by atoms with Crippen LogP contribution in [0.25, 0.3) is 5.82 Å². The fourth-order valence-electron chi connectivity index (χ4n) is 3.59. The topological polar surface area (TPSA) is 63.9 Å². The third-order valence-electron chi connectivity index (χ3n) is 5.07. The van der Waals surface area contributed by atoms with E-state index in [0.29, 0.717) is 6.42 Å². The van der Waals surface area contributed by atoms with Gasteiger partial charge in [-0.3, -0.25) is 14.3 Å². The van der Waals surface area contributed by atoms with E-state index in [-0.39, 0.29) is 11.8 Å². The number of benzene rings is 1. The van der Waals surface area contributed by atoms with E-state index in [9.17, 15) is 4.79 Å². The molecule has 1 aromatic carbocycles. The van der Waals surface area contributed by atoms with E-state index >= 15 is 0 Å². The first-order chi connectivity index (χ1) is 13.3. The Labute approximate surface area is 158 Å². The van der Waals surface area contributed by atoms with Gasteiger partial charge in [0.05, 0.1) is 11.9 Å². The second-order valence-electron chi connectivity index (χ2n) is 6.94. The second-order valence-corrected chi connectivity index (χ2v) is 6.94. The standard InChI is InChI=1S/C21H23N5O/c27-21(9-8-17-5-2-1-3-6-17)25-11-4-7-18(15-25)19-13-23-14-20(24-19)26-12-10-22-16-26/h1-3,5-6,10,12-14,16,18H,4,7-9,11,15H2/t18-/m0/s1. The summed E-state index contributed by atoms with van der Waals surface area (Å²) in [6, 6.07) is 10.2. The van der Waals surface area contributed by atoms with Crippen molar-refractivity contribution >= 4 is 5.91 Å². The molecule has 138 valence electrons. The van der Waals surface area contributed by atoms with E-state index in [4.69, 9.17) is 4.98 Å². The Hall–Kier alpha value is -3.02. The molecule has 0 bridgehead atoms. The Kier molecular flexibility index (Phi) is 5.23. The molecule has 1 atom stereocenters. The fourth-order valence-corrected chi connectivity index (χ4v) is 3.59. The third kappa shape index (κ3) is 4.22. The average molecular weight is 361 g/mol. The fraction of sp³-hybridized carbons (Fsp3) is 0.333. The van der Waals surface area contributed by atoms with Crippen molar-refractivity contribution in [2.24, 2.45) is 0 Å². The van der Waals surface area contributed by atoms with Crippen molar-refractivity contribution in [1.29, 1.82) is 0 Å². The van der Waals surface area contributed by atoms with Crippen LogP contribution in [0.2, 0.25) is 0 Å². The summed E-state index contributed by atoms with van der Waals surface area (Å²) >= 11 is 0. The molecule has 4 rings (SSSR count). The highest BCUT2D eigenvalue weighted by molar-refractivity contribution is 5.76. The Morgan fingerprint density at radius 2 is 2.04 bits per heavy atom. The van der Waals surface area contributed by atoms with Crippen LogP contribution in [0.3, 0.4) is 0 Å². The van der Waals surface area contributed by atoms with Crippen molar-refractivity contribution in [3.63, 3.8) is 0 Å². The normalized spacial score (nSPS) is 17.0. The molecule has 27 heavy (non-hydrogen) atoms. The van der Waals surface area contributed by atoms with Crippen molar-refractivity contribution in [2.45, 2.75) is 31.6 Å². The van der Waals surface area contributed by atoms with Crippen molar-refractivity contribution < 1.29 is 4.79 Å². The van der Waals surface area contributed by atoms with E-state index < -0.39 is 0 Å². The molecule has 0 saturated carbocycles. The summed E-state index contributed by atoms with van der Waals surface area (Å²) in [5, 5.41) is 0. The average Bonchev–Trinajstić information content (AvgIpc) is 3.28. The number of imidazole rings is 1. The van der Waals surface area contributed by atoms with Gasteiger partial charge in [0.2, 0.25) is 5.91 Å². The summed E-state index contributed by atoms with van der Waals surface area (Å²) in [5.41, 5.74) is 2.15. The smallest absolute Gasteiger partial charge is 0.222 e. The van der Waals surface area contributed by atoms with Gasteiger partial charge in [-0.1, -0.05) is 30.3 Å². The molecular formula is C21H23N5O. The number of rotatable bonds is 5. The number of carbonyl (C=O) groups excluding carboxylic acids is 1. The number of likely N-dealkylation sites (tertiary alicyclic amines) is 1. The van der Waals surface area contributed by atoms with E-state index in [1.165, 1.54) is 5.56 Å². The number of aromatic nitrogens is 4.